The third-order valence-electron chi connectivity index (χ3n) is 4.69. The number of ether oxygens (including phenoxy) is 1. The van der Waals surface area contributed by atoms with Crippen LogP contribution in [0.4, 0.5) is 4.39 Å². The molecule has 0 atom stereocenters. The largest absolute Gasteiger partial charge is 0.497 e. The Morgan fingerprint density at radius 1 is 0.889 bits per heavy atom. The molecule has 1 heterocycles. The van der Waals surface area contributed by atoms with Crippen molar-refractivity contribution in [1.82, 2.24) is 4.98 Å². The molecule has 0 spiro atoms. The SMILES string of the molecule is COc1ccc(-c2cc3cc(-c4ccc(F)cc4)cc(C(C)=O)c3[nH]2)cc1. The lowest BCUT2D eigenvalue weighted by Crippen LogP contribution is -1.95. The number of rotatable bonds is 4. The van der Waals surface area contributed by atoms with Crippen molar-refractivity contribution in [3.05, 3.63) is 78.1 Å². The van der Waals surface area contributed by atoms with Crippen LogP contribution in [0.2, 0.25) is 0 Å². The maximum absolute atomic E-state index is 13.2. The number of H-pyrrole nitrogens is 1. The number of carbonyl (C=O) groups excluding carboxylic acids is 1. The third-order valence-corrected chi connectivity index (χ3v) is 4.69. The van der Waals surface area contributed by atoms with E-state index in [2.05, 4.69) is 4.98 Å². The molecular formula is C23H18FNO2. The fraction of sp³-hybridized carbons (Fsp3) is 0.0870. The molecule has 0 aliphatic heterocycles. The van der Waals surface area contributed by atoms with E-state index in [0.717, 1.165) is 39.0 Å². The molecule has 134 valence electrons. The van der Waals surface area contributed by atoms with Gasteiger partial charge in [-0.05, 0) is 78.2 Å². The van der Waals surface area contributed by atoms with Crippen molar-refractivity contribution in [2.75, 3.05) is 7.11 Å². The summed E-state index contributed by atoms with van der Waals surface area (Å²) in [6, 6.07) is 19.9. The lowest BCUT2D eigenvalue weighted by molar-refractivity contribution is 0.101. The summed E-state index contributed by atoms with van der Waals surface area (Å²) in [6.07, 6.45) is 0. The van der Waals surface area contributed by atoms with Crippen molar-refractivity contribution in [3.8, 4) is 28.1 Å². The lowest BCUT2D eigenvalue weighted by atomic mass is 9.99. The number of fused-ring (bicyclic) bond motifs is 1. The van der Waals surface area contributed by atoms with E-state index in [4.69, 9.17) is 4.74 Å². The second-order valence-corrected chi connectivity index (χ2v) is 6.46. The minimum absolute atomic E-state index is 0.0212. The normalized spacial score (nSPS) is 10.9. The van der Waals surface area contributed by atoms with Crippen molar-refractivity contribution >= 4 is 16.7 Å². The van der Waals surface area contributed by atoms with Gasteiger partial charge in [-0.15, -0.1) is 0 Å². The molecule has 4 heteroatoms. The number of aromatic amines is 1. The first-order valence-electron chi connectivity index (χ1n) is 8.63. The highest BCUT2D eigenvalue weighted by atomic mass is 19.1. The van der Waals surface area contributed by atoms with Gasteiger partial charge >= 0.3 is 0 Å². The van der Waals surface area contributed by atoms with Crippen LogP contribution in [0.5, 0.6) is 5.75 Å². The average Bonchev–Trinajstić information content (AvgIpc) is 3.11. The number of Topliss-reactive ketones (excluding diaryl/α,β-unsaturated/α-hetero) is 1. The number of nitrogens with one attached hydrogen (secondary N) is 1. The smallest absolute Gasteiger partial charge is 0.161 e. The van der Waals surface area contributed by atoms with Crippen molar-refractivity contribution in [1.29, 1.82) is 0 Å². The van der Waals surface area contributed by atoms with Gasteiger partial charge in [0.25, 0.3) is 0 Å². The Bertz CT molecular complexity index is 1130. The molecule has 4 aromatic rings. The zero-order chi connectivity index (χ0) is 19.0. The van der Waals surface area contributed by atoms with Crippen LogP contribution in [0.1, 0.15) is 17.3 Å². The second-order valence-electron chi connectivity index (χ2n) is 6.46. The number of ketones is 1. The Kier molecular flexibility index (Phi) is 4.24. The number of methoxy groups -OCH3 is 1. The summed E-state index contributed by atoms with van der Waals surface area (Å²) in [6.45, 7) is 1.55. The summed E-state index contributed by atoms with van der Waals surface area (Å²) in [4.78, 5) is 15.6. The van der Waals surface area contributed by atoms with E-state index in [9.17, 15) is 9.18 Å². The number of carbonyl (C=O) groups is 1. The molecule has 0 fully saturated rings. The molecule has 1 aromatic heterocycles. The minimum atomic E-state index is -0.282. The van der Waals surface area contributed by atoms with E-state index in [1.165, 1.54) is 12.1 Å². The van der Waals surface area contributed by atoms with E-state index in [0.29, 0.717) is 5.56 Å². The summed E-state index contributed by atoms with van der Waals surface area (Å²) in [5.74, 6) is 0.486. The highest BCUT2D eigenvalue weighted by Crippen LogP contribution is 2.32. The average molecular weight is 359 g/mol. The third kappa shape index (κ3) is 3.22. The molecule has 4 rings (SSSR count). The van der Waals surface area contributed by atoms with E-state index >= 15 is 0 Å². The Hall–Kier alpha value is -3.40. The fourth-order valence-corrected chi connectivity index (χ4v) is 3.26. The number of hydrogen-bond donors (Lipinski definition) is 1. The fourth-order valence-electron chi connectivity index (χ4n) is 3.26. The first-order chi connectivity index (χ1) is 13.0. The van der Waals surface area contributed by atoms with Gasteiger partial charge in [0, 0.05) is 16.6 Å². The van der Waals surface area contributed by atoms with E-state index in [1.54, 1.807) is 26.2 Å². The minimum Gasteiger partial charge on any atom is -0.497 e. The Morgan fingerprint density at radius 3 is 2.19 bits per heavy atom. The lowest BCUT2D eigenvalue weighted by Gasteiger charge is -2.06. The van der Waals surface area contributed by atoms with Gasteiger partial charge < -0.3 is 9.72 Å². The molecule has 3 aromatic carbocycles. The van der Waals surface area contributed by atoms with Crippen LogP contribution >= 0.6 is 0 Å². The van der Waals surface area contributed by atoms with Gasteiger partial charge in [0.05, 0.1) is 12.6 Å². The molecule has 27 heavy (non-hydrogen) atoms. The van der Waals surface area contributed by atoms with Crippen molar-refractivity contribution in [2.45, 2.75) is 6.92 Å². The standard InChI is InChI=1S/C23H18FNO2/c1-14(26)21-12-17(15-3-7-19(24)8-4-15)11-18-13-22(25-23(18)21)16-5-9-20(27-2)10-6-16/h3-13,25H,1-2H3. The summed E-state index contributed by atoms with van der Waals surface area (Å²) in [5, 5.41) is 0.938. The van der Waals surface area contributed by atoms with Gasteiger partial charge in [0.2, 0.25) is 0 Å². The summed E-state index contributed by atoms with van der Waals surface area (Å²) in [5.41, 5.74) is 5.10. The van der Waals surface area contributed by atoms with Crippen LogP contribution in [-0.2, 0) is 0 Å². The molecule has 0 amide bonds. The highest BCUT2D eigenvalue weighted by molar-refractivity contribution is 6.08. The molecule has 0 aliphatic rings. The number of benzene rings is 3. The summed E-state index contributed by atoms with van der Waals surface area (Å²) < 4.78 is 18.4. The van der Waals surface area contributed by atoms with Crippen LogP contribution in [0.3, 0.4) is 0 Å². The predicted octanol–water partition coefficient (Wildman–Crippen LogP) is 5.85. The van der Waals surface area contributed by atoms with E-state index in [1.807, 2.05) is 42.5 Å². The second kappa shape index (κ2) is 6.72. The van der Waals surface area contributed by atoms with Gasteiger partial charge in [-0.25, -0.2) is 4.39 Å². The molecule has 0 unspecified atom stereocenters. The monoisotopic (exact) mass is 359 g/mol. The van der Waals surface area contributed by atoms with Crippen molar-refractivity contribution < 1.29 is 13.9 Å². The van der Waals surface area contributed by atoms with E-state index in [-0.39, 0.29) is 11.6 Å². The highest BCUT2D eigenvalue weighted by Gasteiger charge is 2.13. The molecule has 0 bridgehead atoms. The van der Waals surface area contributed by atoms with Gasteiger partial charge in [0.15, 0.2) is 5.78 Å². The van der Waals surface area contributed by atoms with Gasteiger partial charge in [-0.3, -0.25) is 4.79 Å². The first-order valence-corrected chi connectivity index (χ1v) is 8.63. The van der Waals surface area contributed by atoms with Gasteiger partial charge in [0.1, 0.15) is 11.6 Å². The topological polar surface area (TPSA) is 42.1 Å². The number of halogens is 1. The first kappa shape index (κ1) is 17.0. The molecule has 1 N–H and O–H groups in total. The molecule has 3 nitrogen and oxygen atoms in total. The van der Waals surface area contributed by atoms with Crippen LogP contribution in [0.25, 0.3) is 33.3 Å². The van der Waals surface area contributed by atoms with E-state index < -0.39 is 0 Å². The van der Waals surface area contributed by atoms with Crippen molar-refractivity contribution in [2.24, 2.45) is 0 Å². The summed E-state index contributed by atoms with van der Waals surface area (Å²) in [7, 11) is 1.63. The summed E-state index contributed by atoms with van der Waals surface area (Å²) >= 11 is 0. The van der Waals surface area contributed by atoms with Gasteiger partial charge in [-0.1, -0.05) is 12.1 Å². The van der Waals surface area contributed by atoms with Crippen LogP contribution in [-0.4, -0.2) is 17.9 Å². The predicted molar refractivity (Wildman–Crippen MR) is 106 cm³/mol. The molecule has 0 radical (unpaired) electrons. The zero-order valence-corrected chi connectivity index (χ0v) is 15.0. The molecule has 0 saturated heterocycles. The molecular weight excluding hydrogens is 341 g/mol. The van der Waals surface area contributed by atoms with Crippen LogP contribution in [0.15, 0.2) is 66.7 Å². The Labute approximate surface area is 156 Å². The molecule has 0 aliphatic carbocycles. The van der Waals surface area contributed by atoms with Gasteiger partial charge in [-0.2, -0.15) is 0 Å². The van der Waals surface area contributed by atoms with Crippen LogP contribution in [0, 0.1) is 5.82 Å². The number of hydrogen-bond acceptors (Lipinski definition) is 2. The molecule has 0 saturated carbocycles. The Morgan fingerprint density at radius 2 is 1.56 bits per heavy atom. The van der Waals surface area contributed by atoms with Crippen molar-refractivity contribution in [3.63, 3.8) is 0 Å². The number of aromatic nitrogens is 1. The maximum Gasteiger partial charge on any atom is 0.161 e. The van der Waals surface area contributed by atoms with Crippen LogP contribution < -0.4 is 4.74 Å². The quantitative estimate of drug-likeness (QED) is 0.464. The Balaban J connectivity index is 1.87. The maximum atomic E-state index is 13.2. The zero-order valence-electron chi connectivity index (χ0n) is 15.0.